The first kappa shape index (κ1) is 20.1. The molecule has 2 heterocycles. The molecular weight excluding hydrogens is 401 g/mol. The lowest BCUT2D eigenvalue weighted by atomic mass is 10.0. The van der Waals surface area contributed by atoms with E-state index in [4.69, 9.17) is 0 Å². The van der Waals surface area contributed by atoms with Gasteiger partial charge in [-0.2, -0.15) is 0 Å². The molecule has 2 atom stereocenters. The lowest BCUT2D eigenvalue weighted by Gasteiger charge is -2.32. The fraction of sp³-hybridized carbons (Fsp3) is 0.174. The van der Waals surface area contributed by atoms with E-state index in [2.05, 4.69) is 10.3 Å². The van der Waals surface area contributed by atoms with Crippen molar-refractivity contribution < 1.29 is 14.0 Å². The Morgan fingerprint density at radius 2 is 1.80 bits per heavy atom. The molecule has 1 aliphatic rings. The van der Waals surface area contributed by atoms with Crippen molar-refractivity contribution in [3.63, 3.8) is 0 Å². The second-order valence-electron chi connectivity index (χ2n) is 6.90. The number of nitrogens with one attached hydrogen (secondary N) is 1. The second kappa shape index (κ2) is 9.09. The minimum Gasteiger partial charge on any atom is -0.350 e. The van der Waals surface area contributed by atoms with E-state index >= 15 is 0 Å². The SMILES string of the molecule is O=C(NCc1ccncc1)C(c1ccccc1)N1C(=O)CSC1c1ccc(F)cc1. The summed E-state index contributed by atoms with van der Waals surface area (Å²) in [5, 5.41) is 2.58. The Labute approximate surface area is 178 Å². The van der Waals surface area contributed by atoms with Gasteiger partial charge in [-0.05, 0) is 41.0 Å². The van der Waals surface area contributed by atoms with Crippen molar-refractivity contribution in [2.24, 2.45) is 0 Å². The maximum absolute atomic E-state index is 13.4. The van der Waals surface area contributed by atoms with Crippen LogP contribution in [0.3, 0.4) is 0 Å². The Morgan fingerprint density at radius 3 is 2.50 bits per heavy atom. The quantitative estimate of drug-likeness (QED) is 0.657. The second-order valence-corrected chi connectivity index (χ2v) is 7.97. The summed E-state index contributed by atoms with van der Waals surface area (Å²) in [5.74, 6) is -0.458. The van der Waals surface area contributed by atoms with E-state index < -0.39 is 6.04 Å². The molecule has 0 spiro atoms. The van der Waals surface area contributed by atoms with Crippen molar-refractivity contribution in [2.75, 3.05) is 5.75 Å². The van der Waals surface area contributed by atoms with Crippen LogP contribution >= 0.6 is 11.8 Å². The molecule has 1 N–H and O–H groups in total. The van der Waals surface area contributed by atoms with Crippen LogP contribution < -0.4 is 5.32 Å². The van der Waals surface area contributed by atoms with Crippen molar-refractivity contribution in [3.8, 4) is 0 Å². The zero-order chi connectivity index (χ0) is 20.9. The maximum atomic E-state index is 13.4. The largest absolute Gasteiger partial charge is 0.350 e. The molecule has 2 unspecified atom stereocenters. The van der Waals surface area contributed by atoms with E-state index in [0.717, 1.165) is 16.7 Å². The van der Waals surface area contributed by atoms with Crippen LogP contribution in [0.5, 0.6) is 0 Å². The molecule has 1 saturated heterocycles. The Bertz CT molecular complexity index is 1020. The number of hydrogen-bond donors (Lipinski definition) is 1. The summed E-state index contributed by atoms with van der Waals surface area (Å²) in [6.45, 7) is 0.334. The van der Waals surface area contributed by atoms with Crippen molar-refractivity contribution in [3.05, 3.63) is 102 Å². The van der Waals surface area contributed by atoms with Gasteiger partial charge in [-0.25, -0.2) is 4.39 Å². The topological polar surface area (TPSA) is 62.3 Å². The zero-order valence-electron chi connectivity index (χ0n) is 16.1. The van der Waals surface area contributed by atoms with E-state index in [9.17, 15) is 14.0 Å². The smallest absolute Gasteiger partial charge is 0.247 e. The Morgan fingerprint density at radius 1 is 1.10 bits per heavy atom. The summed E-state index contributed by atoms with van der Waals surface area (Å²) in [4.78, 5) is 31.7. The number of pyridine rings is 1. The number of aromatic nitrogens is 1. The van der Waals surface area contributed by atoms with Crippen molar-refractivity contribution in [2.45, 2.75) is 18.0 Å². The molecular formula is C23H20FN3O2S. The van der Waals surface area contributed by atoms with Gasteiger partial charge in [-0.15, -0.1) is 11.8 Å². The minimum atomic E-state index is -0.786. The number of halogens is 1. The first-order valence-electron chi connectivity index (χ1n) is 9.53. The summed E-state index contributed by atoms with van der Waals surface area (Å²) in [6.07, 6.45) is 3.34. The van der Waals surface area contributed by atoms with E-state index in [0.29, 0.717) is 6.54 Å². The highest BCUT2D eigenvalue weighted by Crippen LogP contribution is 2.43. The monoisotopic (exact) mass is 421 g/mol. The number of carbonyl (C=O) groups excluding carboxylic acids is 2. The molecule has 2 aromatic carbocycles. The predicted octanol–water partition coefficient (Wildman–Crippen LogP) is 3.85. The number of hydrogen-bond acceptors (Lipinski definition) is 4. The van der Waals surface area contributed by atoms with Gasteiger partial charge < -0.3 is 10.2 Å². The van der Waals surface area contributed by atoms with Gasteiger partial charge in [-0.3, -0.25) is 14.6 Å². The molecule has 3 aromatic rings. The third kappa shape index (κ3) is 4.36. The minimum absolute atomic E-state index is 0.123. The van der Waals surface area contributed by atoms with Crippen molar-refractivity contribution in [1.82, 2.24) is 15.2 Å². The van der Waals surface area contributed by atoms with Crippen LogP contribution in [0, 0.1) is 5.82 Å². The molecule has 0 bridgehead atoms. The zero-order valence-corrected chi connectivity index (χ0v) is 16.9. The van der Waals surface area contributed by atoms with Crippen LogP contribution in [0.25, 0.3) is 0 Å². The van der Waals surface area contributed by atoms with Crippen molar-refractivity contribution >= 4 is 23.6 Å². The van der Waals surface area contributed by atoms with Crippen LogP contribution in [0.4, 0.5) is 4.39 Å². The average Bonchev–Trinajstić information content (AvgIpc) is 3.15. The van der Waals surface area contributed by atoms with Crippen LogP contribution in [0.1, 0.15) is 28.1 Å². The lowest BCUT2D eigenvalue weighted by Crippen LogP contribution is -2.42. The van der Waals surface area contributed by atoms with Gasteiger partial charge >= 0.3 is 0 Å². The Balaban J connectivity index is 1.65. The van der Waals surface area contributed by atoms with Crippen LogP contribution in [0.2, 0.25) is 0 Å². The summed E-state index contributed by atoms with van der Waals surface area (Å²) in [6, 6.07) is 18.2. The number of thioether (sulfide) groups is 1. The summed E-state index contributed by atoms with van der Waals surface area (Å²) in [5.41, 5.74) is 2.44. The molecule has 1 aliphatic heterocycles. The van der Waals surface area contributed by atoms with Gasteiger partial charge in [0.25, 0.3) is 0 Å². The van der Waals surface area contributed by atoms with Crippen LogP contribution in [-0.4, -0.2) is 27.5 Å². The molecule has 2 amide bonds. The van der Waals surface area contributed by atoms with E-state index in [-0.39, 0.29) is 28.8 Å². The fourth-order valence-electron chi connectivity index (χ4n) is 3.46. The van der Waals surface area contributed by atoms with Gasteiger partial charge in [-0.1, -0.05) is 42.5 Å². The lowest BCUT2D eigenvalue weighted by molar-refractivity contribution is -0.139. The summed E-state index contributed by atoms with van der Waals surface area (Å²) < 4.78 is 13.4. The molecule has 0 radical (unpaired) electrons. The molecule has 1 fully saturated rings. The highest BCUT2D eigenvalue weighted by Gasteiger charge is 2.41. The highest BCUT2D eigenvalue weighted by atomic mass is 32.2. The molecule has 5 nitrogen and oxygen atoms in total. The predicted molar refractivity (Wildman–Crippen MR) is 114 cm³/mol. The third-order valence-electron chi connectivity index (χ3n) is 4.92. The van der Waals surface area contributed by atoms with Gasteiger partial charge in [0, 0.05) is 18.9 Å². The van der Waals surface area contributed by atoms with Gasteiger partial charge in [0.05, 0.1) is 5.75 Å². The standard InChI is InChI=1S/C23H20FN3O2S/c24-19-8-6-18(7-9-19)23-27(20(28)15-30-23)21(17-4-2-1-3-5-17)22(29)26-14-16-10-12-25-13-11-16/h1-13,21,23H,14-15H2,(H,26,29). The molecule has 7 heteroatoms. The fourth-order valence-corrected chi connectivity index (χ4v) is 4.66. The van der Waals surface area contributed by atoms with Crippen LogP contribution in [-0.2, 0) is 16.1 Å². The maximum Gasteiger partial charge on any atom is 0.247 e. The summed E-state index contributed by atoms with van der Waals surface area (Å²) in [7, 11) is 0. The number of amides is 2. The summed E-state index contributed by atoms with van der Waals surface area (Å²) >= 11 is 1.44. The number of nitrogens with zero attached hydrogens (tertiary/aromatic N) is 2. The van der Waals surface area contributed by atoms with Crippen molar-refractivity contribution in [1.29, 1.82) is 0 Å². The number of carbonyl (C=O) groups is 2. The Kier molecular flexibility index (Phi) is 6.09. The average molecular weight is 421 g/mol. The molecule has 4 rings (SSSR count). The third-order valence-corrected chi connectivity index (χ3v) is 6.15. The van der Waals surface area contributed by atoms with Gasteiger partial charge in [0.15, 0.2) is 0 Å². The molecule has 0 saturated carbocycles. The first-order valence-corrected chi connectivity index (χ1v) is 10.6. The van der Waals surface area contributed by atoms with E-state index in [1.807, 2.05) is 42.5 Å². The highest BCUT2D eigenvalue weighted by molar-refractivity contribution is 8.00. The first-order chi connectivity index (χ1) is 14.6. The molecule has 152 valence electrons. The molecule has 30 heavy (non-hydrogen) atoms. The number of rotatable bonds is 6. The van der Waals surface area contributed by atoms with Gasteiger partial charge in [0.1, 0.15) is 17.2 Å². The van der Waals surface area contributed by atoms with Crippen LogP contribution in [0.15, 0.2) is 79.1 Å². The molecule has 1 aromatic heterocycles. The molecule has 0 aliphatic carbocycles. The van der Waals surface area contributed by atoms with E-state index in [1.165, 1.54) is 23.9 Å². The normalized spacial score (nSPS) is 17.0. The Hall–Kier alpha value is -3.19. The number of benzene rings is 2. The van der Waals surface area contributed by atoms with E-state index in [1.54, 1.807) is 29.4 Å². The van der Waals surface area contributed by atoms with Gasteiger partial charge in [0.2, 0.25) is 11.8 Å².